The lowest BCUT2D eigenvalue weighted by Gasteiger charge is -2.23. The minimum absolute atomic E-state index is 0.0185. The van der Waals surface area contributed by atoms with Crippen molar-refractivity contribution in [2.24, 2.45) is 0 Å². The van der Waals surface area contributed by atoms with Crippen LogP contribution in [0.5, 0.6) is 0 Å². The van der Waals surface area contributed by atoms with Crippen molar-refractivity contribution in [3.8, 4) is 0 Å². The van der Waals surface area contributed by atoms with E-state index in [-0.39, 0.29) is 22.4 Å². The summed E-state index contributed by atoms with van der Waals surface area (Å²) in [6.45, 7) is 0. The van der Waals surface area contributed by atoms with Crippen molar-refractivity contribution < 1.29 is 28.7 Å². The fraction of sp³-hybridized carbons (Fsp3) is 0.0714. The van der Waals surface area contributed by atoms with E-state index >= 15 is 0 Å². The van der Waals surface area contributed by atoms with Gasteiger partial charge in [0.1, 0.15) is 5.70 Å². The molecule has 3 aromatic rings. The third-order valence-corrected chi connectivity index (χ3v) is 6.03. The number of amides is 2. The Balaban J connectivity index is 1.58. The highest BCUT2D eigenvalue weighted by atomic mass is 16.5. The molecule has 2 amide bonds. The normalized spacial score (nSPS) is 14.8. The first-order valence-corrected chi connectivity index (χ1v) is 11.0. The smallest absolute Gasteiger partial charge is 0.355 e. The van der Waals surface area contributed by atoms with Gasteiger partial charge < -0.3 is 14.4 Å². The Morgan fingerprint density at radius 3 is 2.17 bits per heavy atom. The third kappa shape index (κ3) is 3.65. The molecule has 0 bridgehead atoms. The molecule has 0 unspecified atom stereocenters. The van der Waals surface area contributed by atoms with Crippen molar-refractivity contribution in [2.75, 3.05) is 24.0 Å². The summed E-state index contributed by atoms with van der Waals surface area (Å²) >= 11 is 0. The minimum atomic E-state index is -0.771. The lowest BCUT2D eigenvalue weighted by atomic mass is 10.1. The second kappa shape index (κ2) is 8.99. The van der Waals surface area contributed by atoms with Crippen molar-refractivity contribution in [1.29, 1.82) is 0 Å². The molecule has 3 aromatic carbocycles. The molecular weight excluding hydrogens is 460 g/mol. The van der Waals surface area contributed by atoms with Gasteiger partial charge in [-0.3, -0.25) is 9.59 Å². The first kappa shape index (κ1) is 22.8. The van der Waals surface area contributed by atoms with E-state index in [1.54, 1.807) is 36.6 Å². The number of carbonyl (C=O) groups excluding carboxylic acids is 4. The highest BCUT2D eigenvalue weighted by Gasteiger charge is 2.38. The van der Waals surface area contributed by atoms with Gasteiger partial charge in [0.05, 0.1) is 36.6 Å². The standard InChI is InChI=1S/C28H20N2O6/c1-35-27(33)22-9-5-6-14-29(24(22)28(34)36-2)19-12-13-21-23(16-19)26(32)30(25(21)31)20-11-10-17-7-3-4-8-18(17)15-20/h3-16H,1-2H3. The van der Waals surface area contributed by atoms with Crippen molar-refractivity contribution in [2.45, 2.75) is 0 Å². The fourth-order valence-electron chi connectivity index (χ4n) is 4.29. The number of fused-ring (bicyclic) bond motifs is 2. The van der Waals surface area contributed by atoms with Crippen LogP contribution >= 0.6 is 0 Å². The maximum absolute atomic E-state index is 13.4. The number of carbonyl (C=O) groups is 4. The van der Waals surface area contributed by atoms with Crippen LogP contribution in [0.1, 0.15) is 20.7 Å². The minimum Gasteiger partial charge on any atom is -0.465 e. The van der Waals surface area contributed by atoms with Crippen molar-refractivity contribution in [3.05, 3.63) is 107 Å². The van der Waals surface area contributed by atoms with Crippen LogP contribution in [-0.4, -0.2) is 38.0 Å². The molecule has 36 heavy (non-hydrogen) atoms. The van der Waals surface area contributed by atoms with Gasteiger partial charge in [-0.05, 0) is 53.3 Å². The van der Waals surface area contributed by atoms with Crippen molar-refractivity contribution >= 4 is 45.9 Å². The average Bonchev–Trinajstić information content (AvgIpc) is 3.04. The molecule has 0 saturated heterocycles. The van der Waals surface area contributed by atoms with E-state index in [9.17, 15) is 19.2 Å². The number of rotatable bonds is 4. The number of anilines is 2. The van der Waals surface area contributed by atoms with Gasteiger partial charge >= 0.3 is 11.9 Å². The van der Waals surface area contributed by atoms with Crippen LogP contribution in [0.4, 0.5) is 11.4 Å². The third-order valence-electron chi connectivity index (χ3n) is 6.03. The van der Waals surface area contributed by atoms with Crippen molar-refractivity contribution in [1.82, 2.24) is 0 Å². The molecule has 0 saturated carbocycles. The summed E-state index contributed by atoms with van der Waals surface area (Å²) in [6.07, 6.45) is 6.21. The summed E-state index contributed by atoms with van der Waals surface area (Å²) < 4.78 is 9.76. The predicted molar refractivity (Wildman–Crippen MR) is 133 cm³/mol. The first-order chi connectivity index (χ1) is 17.4. The second-order valence-corrected chi connectivity index (χ2v) is 8.02. The second-order valence-electron chi connectivity index (χ2n) is 8.02. The molecule has 8 nitrogen and oxygen atoms in total. The van der Waals surface area contributed by atoms with Crippen LogP contribution in [0.25, 0.3) is 10.8 Å². The number of ether oxygens (including phenoxy) is 2. The number of esters is 2. The molecule has 8 heteroatoms. The molecule has 5 rings (SSSR count). The van der Waals surface area contributed by atoms with Crippen LogP contribution < -0.4 is 9.80 Å². The van der Waals surface area contributed by atoms with Gasteiger partial charge in [-0.2, -0.15) is 0 Å². The number of methoxy groups -OCH3 is 2. The zero-order valence-corrected chi connectivity index (χ0v) is 19.4. The Kier molecular flexibility index (Phi) is 5.69. The quantitative estimate of drug-likeness (QED) is 0.409. The lowest BCUT2D eigenvalue weighted by molar-refractivity contribution is -0.139. The molecule has 2 aliphatic rings. The van der Waals surface area contributed by atoms with E-state index in [1.807, 2.05) is 30.3 Å². The van der Waals surface area contributed by atoms with Gasteiger partial charge in [-0.15, -0.1) is 0 Å². The highest BCUT2D eigenvalue weighted by molar-refractivity contribution is 6.35. The van der Waals surface area contributed by atoms with Gasteiger partial charge in [0.25, 0.3) is 11.8 Å². The van der Waals surface area contributed by atoms with Crippen molar-refractivity contribution in [3.63, 3.8) is 0 Å². The summed E-state index contributed by atoms with van der Waals surface area (Å²) in [5.74, 6) is -2.42. The average molecular weight is 480 g/mol. The first-order valence-electron chi connectivity index (χ1n) is 11.0. The SMILES string of the molecule is COC(=O)C1=C(C(=O)OC)N(c2ccc3c(c2)C(=O)N(c2ccc4ccccc4c2)C3=O)C=CC=C1. The molecule has 0 atom stereocenters. The maximum atomic E-state index is 13.4. The lowest BCUT2D eigenvalue weighted by Crippen LogP contribution is -2.29. The Labute approximate surface area is 206 Å². The van der Waals surface area contributed by atoms with E-state index < -0.39 is 23.8 Å². The van der Waals surface area contributed by atoms with Gasteiger partial charge in [0.15, 0.2) is 0 Å². The summed E-state index contributed by atoms with van der Waals surface area (Å²) in [7, 11) is 2.41. The molecule has 0 aliphatic carbocycles. The molecule has 0 N–H and O–H groups in total. The van der Waals surface area contributed by atoms with Crippen LogP contribution in [0.15, 0.2) is 96.4 Å². The molecule has 2 aliphatic heterocycles. The predicted octanol–water partition coefficient (Wildman–Crippen LogP) is 4.13. The molecule has 2 heterocycles. The Morgan fingerprint density at radius 1 is 0.722 bits per heavy atom. The topological polar surface area (TPSA) is 93.2 Å². The van der Waals surface area contributed by atoms with Gasteiger partial charge in [-0.25, -0.2) is 14.5 Å². The van der Waals surface area contributed by atoms with E-state index in [0.717, 1.165) is 15.7 Å². The molecular formula is C28H20N2O6. The van der Waals surface area contributed by atoms with Gasteiger partial charge in [-0.1, -0.05) is 36.4 Å². The summed E-state index contributed by atoms with van der Waals surface area (Å²) in [5.41, 5.74) is 1.17. The number of imide groups is 1. The monoisotopic (exact) mass is 480 g/mol. The molecule has 178 valence electrons. The van der Waals surface area contributed by atoms with E-state index in [0.29, 0.717) is 11.4 Å². The number of benzene rings is 3. The Bertz CT molecular complexity index is 1550. The number of allylic oxidation sites excluding steroid dienone is 2. The molecule has 0 spiro atoms. The number of hydrogen-bond donors (Lipinski definition) is 0. The maximum Gasteiger partial charge on any atom is 0.355 e. The van der Waals surface area contributed by atoms with Crippen LogP contribution in [0.3, 0.4) is 0 Å². The number of nitrogens with zero attached hydrogens (tertiary/aromatic N) is 2. The van der Waals surface area contributed by atoms with Crippen LogP contribution in [0, 0.1) is 0 Å². The molecule has 0 radical (unpaired) electrons. The van der Waals surface area contributed by atoms with Gasteiger partial charge in [0, 0.05) is 11.9 Å². The Hall–Kier alpha value is -4.98. The van der Waals surface area contributed by atoms with Crippen LogP contribution in [0.2, 0.25) is 0 Å². The Morgan fingerprint density at radius 2 is 1.42 bits per heavy atom. The summed E-state index contributed by atoms with van der Waals surface area (Å²) in [6, 6.07) is 17.7. The zero-order valence-electron chi connectivity index (χ0n) is 19.4. The molecule has 0 aromatic heterocycles. The van der Waals surface area contributed by atoms with Gasteiger partial charge in [0.2, 0.25) is 0 Å². The zero-order chi connectivity index (χ0) is 25.4. The summed E-state index contributed by atoms with van der Waals surface area (Å²) in [4.78, 5) is 54.3. The van der Waals surface area contributed by atoms with Crippen LogP contribution in [-0.2, 0) is 19.1 Å². The summed E-state index contributed by atoms with van der Waals surface area (Å²) in [5, 5.41) is 1.89. The fourth-order valence-corrected chi connectivity index (χ4v) is 4.29. The molecule has 0 fully saturated rings. The highest BCUT2D eigenvalue weighted by Crippen LogP contribution is 2.34. The van der Waals surface area contributed by atoms with E-state index in [1.165, 1.54) is 37.3 Å². The largest absolute Gasteiger partial charge is 0.465 e. The van der Waals surface area contributed by atoms with E-state index in [4.69, 9.17) is 9.47 Å². The number of hydrogen-bond acceptors (Lipinski definition) is 7. The van der Waals surface area contributed by atoms with E-state index in [2.05, 4.69) is 0 Å².